The van der Waals surface area contributed by atoms with Gasteiger partial charge in [0.05, 0.1) is 26.0 Å². The number of H-pyrrole nitrogens is 1. The monoisotopic (exact) mass is 438 g/mol. The van der Waals surface area contributed by atoms with Crippen molar-refractivity contribution in [2.24, 2.45) is 5.92 Å². The standard InChI is InChI=1S/C20H31N4O5P/c1-4-27-20(25)16-13-21-18-17(16)22-14-23-19(18)24-10-7-15(8-11-24)9-12-30(26,28-5-2)29-6-3/h13-15,21H,4-12H2,1-3H3. The minimum absolute atomic E-state index is 0.316. The topological polar surface area (TPSA) is 107 Å². The molecule has 1 aliphatic rings. The normalized spacial score (nSPS) is 15.6. The molecule has 0 radical (unpaired) electrons. The Balaban J connectivity index is 1.63. The van der Waals surface area contributed by atoms with E-state index in [0.717, 1.165) is 43.7 Å². The number of nitrogens with one attached hydrogen (secondary N) is 1. The van der Waals surface area contributed by atoms with Crippen LogP contribution in [0.15, 0.2) is 12.5 Å². The minimum atomic E-state index is -2.99. The molecule has 30 heavy (non-hydrogen) atoms. The lowest BCUT2D eigenvalue weighted by molar-refractivity contribution is 0.0528. The van der Waals surface area contributed by atoms with Crippen LogP contribution in [0.4, 0.5) is 5.82 Å². The first-order valence-electron chi connectivity index (χ1n) is 10.6. The fourth-order valence-electron chi connectivity index (χ4n) is 3.86. The molecule has 2 aromatic rings. The second kappa shape index (κ2) is 10.4. The number of esters is 1. The van der Waals surface area contributed by atoms with Crippen LogP contribution in [0.25, 0.3) is 11.0 Å². The summed E-state index contributed by atoms with van der Waals surface area (Å²) in [6.45, 7) is 8.21. The van der Waals surface area contributed by atoms with Gasteiger partial charge in [0.25, 0.3) is 0 Å². The zero-order valence-electron chi connectivity index (χ0n) is 17.9. The van der Waals surface area contributed by atoms with Gasteiger partial charge in [-0.1, -0.05) is 0 Å². The van der Waals surface area contributed by atoms with Gasteiger partial charge in [-0.3, -0.25) is 4.57 Å². The molecule has 0 spiro atoms. The van der Waals surface area contributed by atoms with E-state index in [1.54, 1.807) is 13.1 Å². The fraction of sp³-hybridized carbons (Fsp3) is 0.650. The van der Waals surface area contributed by atoms with Crippen molar-refractivity contribution in [3.63, 3.8) is 0 Å². The number of nitrogens with zero attached hydrogens (tertiary/aromatic N) is 3. The molecule has 0 saturated carbocycles. The van der Waals surface area contributed by atoms with Gasteiger partial charge in [0.2, 0.25) is 0 Å². The summed E-state index contributed by atoms with van der Waals surface area (Å²) in [7, 11) is -2.99. The summed E-state index contributed by atoms with van der Waals surface area (Å²) in [5.41, 5.74) is 1.75. The zero-order chi connectivity index (χ0) is 21.6. The lowest BCUT2D eigenvalue weighted by atomic mass is 9.94. The number of aromatic nitrogens is 3. The summed E-state index contributed by atoms with van der Waals surface area (Å²) in [6, 6.07) is 0. The highest BCUT2D eigenvalue weighted by Crippen LogP contribution is 2.49. The van der Waals surface area contributed by atoms with Crippen molar-refractivity contribution in [3.8, 4) is 0 Å². The molecular weight excluding hydrogens is 407 g/mol. The highest BCUT2D eigenvalue weighted by molar-refractivity contribution is 7.53. The highest BCUT2D eigenvalue weighted by Gasteiger charge is 2.28. The van der Waals surface area contributed by atoms with E-state index in [4.69, 9.17) is 13.8 Å². The van der Waals surface area contributed by atoms with Crippen LogP contribution in [0.2, 0.25) is 0 Å². The predicted octanol–water partition coefficient (Wildman–Crippen LogP) is 4.01. The van der Waals surface area contributed by atoms with E-state index >= 15 is 0 Å². The summed E-state index contributed by atoms with van der Waals surface area (Å²) in [4.78, 5) is 26.2. The lowest BCUT2D eigenvalue weighted by Gasteiger charge is -2.33. The molecule has 10 heteroatoms. The summed E-state index contributed by atoms with van der Waals surface area (Å²) in [5.74, 6) is 0.870. The molecule has 2 aromatic heterocycles. The number of rotatable bonds is 10. The lowest BCUT2D eigenvalue weighted by Crippen LogP contribution is -2.34. The van der Waals surface area contributed by atoms with Crippen molar-refractivity contribution >= 4 is 30.4 Å². The van der Waals surface area contributed by atoms with Crippen molar-refractivity contribution < 1.29 is 23.1 Å². The third-order valence-electron chi connectivity index (χ3n) is 5.32. The van der Waals surface area contributed by atoms with E-state index in [1.165, 1.54) is 6.33 Å². The largest absolute Gasteiger partial charge is 0.462 e. The van der Waals surface area contributed by atoms with Gasteiger partial charge in [-0.05, 0) is 46.0 Å². The molecule has 0 aliphatic carbocycles. The third-order valence-corrected chi connectivity index (χ3v) is 7.42. The Hall–Kier alpha value is -1.96. The Kier molecular flexibility index (Phi) is 7.86. The summed E-state index contributed by atoms with van der Waals surface area (Å²) < 4.78 is 28.6. The third kappa shape index (κ3) is 5.20. The van der Waals surface area contributed by atoms with E-state index in [0.29, 0.717) is 43.0 Å². The average molecular weight is 438 g/mol. The molecule has 9 nitrogen and oxygen atoms in total. The molecule has 1 aliphatic heterocycles. The van der Waals surface area contributed by atoms with E-state index < -0.39 is 7.60 Å². The highest BCUT2D eigenvalue weighted by atomic mass is 31.2. The molecule has 3 rings (SSSR count). The van der Waals surface area contributed by atoms with Crippen LogP contribution >= 0.6 is 7.60 Å². The molecule has 1 saturated heterocycles. The number of hydrogen-bond donors (Lipinski definition) is 1. The number of ether oxygens (including phenoxy) is 1. The number of piperidine rings is 1. The van der Waals surface area contributed by atoms with Gasteiger partial charge in [0, 0.05) is 19.3 Å². The summed E-state index contributed by atoms with van der Waals surface area (Å²) in [6.07, 6.45) is 6.33. The van der Waals surface area contributed by atoms with Crippen LogP contribution in [-0.4, -0.2) is 60.0 Å². The zero-order valence-corrected chi connectivity index (χ0v) is 18.8. The van der Waals surface area contributed by atoms with Crippen LogP contribution in [0.3, 0.4) is 0 Å². The fourth-order valence-corrected chi connectivity index (χ4v) is 5.67. The van der Waals surface area contributed by atoms with Crippen molar-refractivity contribution in [2.45, 2.75) is 40.0 Å². The maximum Gasteiger partial charge on any atom is 0.341 e. The van der Waals surface area contributed by atoms with E-state index in [-0.39, 0.29) is 5.97 Å². The maximum atomic E-state index is 12.7. The minimum Gasteiger partial charge on any atom is -0.462 e. The van der Waals surface area contributed by atoms with Gasteiger partial charge in [-0.2, -0.15) is 0 Å². The molecule has 0 amide bonds. The molecule has 3 heterocycles. The maximum absolute atomic E-state index is 12.7. The summed E-state index contributed by atoms with van der Waals surface area (Å²) >= 11 is 0. The van der Waals surface area contributed by atoms with Crippen molar-refractivity contribution in [3.05, 3.63) is 18.1 Å². The number of anilines is 1. The van der Waals surface area contributed by atoms with E-state index in [9.17, 15) is 9.36 Å². The first-order valence-corrected chi connectivity index (χ1v) is 12.4. The van der Waals surface area contributed by atoms with E-state index in [2.05, 4.69) is 19.9 Å². The van der Waals surface area contributed by atoms with Gasteiger partial charge in [0.1, 0.15) is 22.9 Å². The number of aromatic amines is 1. The van der Waals surface area contributed by atoms with Gasteiger partial charge >= 0.3 is 13.6 Å². The summed E-state index contributed by atoms with van der Waals surface area (Å²) in [5, 5.41) is 0. The number of hydrogen-bond acceptors (Lipinski definition) is 8. The van der Waals surface area contributed by atoms with Gasteiger partial charge in [-0.15, -0.1) is 0 Å². The predicted molar refractivity (Wildman–Crippen MR) is 115 cm³/mol. The molecule has 1 N–H and O–H groups in total. The first-order chi connectivity index (χ1) is 14.5. The Morgan fingerprint density at radius 1 is 1.17 bits per heavy atom. The van der Waals surface area contributed by atoms with Crippen LogP contribution in [0, 0.1) is 5.92 Å². The van der Waals surface area contributed by atoms with E-state index in [1.807, 2.05) is 13.8 Å². The second-order valence-electron chi connectivity index (χ2n) is 7.23. The van der Waals surface area contributed by atoms with Crippen molar-refractivity contribution in [1.29, 1.82) is 0 Å². The van der Waals surface area contributed by atoms with Crippen LogP contribution in [0.5, 0.6) is 0 Å². The Labute approximate surface area is 177 Å². The molecule has 0 bridgehead atoms. The molecule has 0 aromatic carbocycles. The SMILES string of the molecule is CCOC(=O)c1c[nH]c2c(N3CCC(CCP(=O)(OCC)OCC)CC3)ncnc12. The second-order valence-corrected chi connectivity index (χ2v) is 9.42. The van der Waals surface area contributed by atoms with Crippen LogP contribution in [-0.2, 0) is 18.3 Å². The average Bonchev–Trinajstić information content (AvgIpc) is 3.18. The Morgan fingerprint density at radius 2 is 1.87 bits per heavy atom. The Bertz CT molecular complexity index is 884. The van der Waals surface area contributed by atoms with Crippen molar-refractivity contribution in [2.75, 3.05) is 44.0 Å². The molecule has 166 valence electrons. The van der Waals surface area contributed by atoms with Gasteiger partial charge in [-0.25, -0.2) is 14.8 Å². The molecule has 0 atom stereocenters. The van der Waals surface area contributed by atoms with Gasteiger partial charge < -0.3 is 23.7 Å². The number of fused-ring (bicyclic) bond motifs is 1. The molecule has 1 fully saturated rings. The van der Waals surface area contributed by atoms with Gasteiger partial charge in [0.15, 0.2) is 5.82 Å². The van der Waals surface area contributed by atoms with Crippen LogP contribution in [0.1, 0.15) is 50.4 Å². The number of carbonyl (C=O) groups excluding carboxylic acids is 1. The number of carbonyl (C=O) groups is 1. The molecule has 0 unspecified atom stereocenters. The molecular formula is C20H31N4O5P. The first kappa shape index (κ1) is 22.7. The van der Waals surface area contributed by atoms with Crippen molar-refractivity contribution in [1.82, 2.24) is 15.0 Å². The smallest absolute Gasteiger partial charge is 0.341 e. The quantitative estimate of drug-likeness (QED) is 0.438. The van der Waals surface area contributed by atoms with Crippen LogP contribution < -0.4 is 4.90 Å². The Morgan fingerprint density at radius 3 is 2.50 bits per heavy atom.